The first kappa shape index (κ1) is 8.62. The van der Waals surface area contributed by atoms with Gasteiger partial charge < -0.3 is 4.74 Å². The summed E-state index contributed by atoms with van der Waals surface area (Å²) < 4.78 is 4.28. The molecule has 10 heavy (non-hydrogen) atoms. The molecule has 0 aliphatic carbocycles. The van der Waals surface area contributed by atoms with Gasteiger partial charge in [-0.25, -0.2) is 4.79 Å². The van der Waals surface area contributed by atoms with Crippen LogP contribution in [-0.4, -0.2) is 19.4 Å². The van der Waals surface area contributed by atoms with Crippen LogP contribution in [0.2, 0.25) is 0 Å². The standard InChI is InChI=1S/C7H8O3/c1-10-7(9)5-3-2-4-6-8/h2-6H,1H3. The summed E-state index contributed by atoms with van der Waals surface area (Å²) in [5, 5.41) is 0. The largest absolute Gasteiger partial charge is 0.466 e. The third-order valence-electron chi connectivity index (χ3n) is 0.734. The Kier molecular flexibility index (Phi) is 4.96. The predicted molar refractivity (Wildman–Crippen MR) is 36.4 cm³/mol. The highest BCUT2D eigenvalue weighted by molar-refractivity contribution is 5.82. The van der Waals surface area contributed by atoms with Gasteiger partial charge in [0.05, 0.1) is 7.11 Å². The third-order valence-corrected chi connectivity index (χ3v) is 0.734. The summed E-state index contributed by atoms with van der Waals surface area (Å²) in [7, 11) is 1.29. The molecule has 0 spiro atoms. The van der Waals surface area contributed by atoms with Gasteiger partial charge in [0.2, 0.25) is 0 Å². The van der Waals surface area contributed by atoms with E-state index in [1.165, 1.54) is 31.4 Å². The second kappa shape index (κ2) is 5.75. The van der Waals surface area contributed by atoms with Gasteiger partial charge in [0.1, 0.15) is 6.29 Å². The average Bonchev–Trinajstić information content (AvgIpc) is 1.98. The van der Waals surface area contributed by atoms with E-state index >= 15 is 0 Å². The van der Waals surface area contributed by atoms with Crippen molar-refractivity contribution in [1.29, 1.82) is 0 Å². The Morgan fingerprint density at radius 3 is 2.50 bits per heavy atom. The number of ether oxygens (including phenoxy) is 1. The second-order valence-corrected chi connectivity index (χ2v) is 1.40. The number of carbonyl (C=O) groups is 2. The quantitative estimate of drug-likeness (QED) is 0.248. The van der Waals surface area contributed by atoms with Gasteiger partial charge in [-0.1, -0.05) is 12.2 Å². The van der Waals surface area contributed by atoms with E-state index < -0.39 is 5.97 Å². The number of hydrogen-bond acceptors (Lipinski definition) is 3. The van der Waals surface area contributed by atoms with E-state index in [0.29, 0.717) is 6.29 Å². The Hall–Kier alpha value is -1.38. The molecule has 0 saturated carbocycles. The fraction of sp³-hybridized carbons (Fsp3) is 0.143. The molecule has 0 atom stereocenters. The Labute approximate surface area is 59.0 Å². The third kappa shape index (κ3) is 4.77. The molecule has 3 heteroatoms. The molecule has 0 radical (unpaired) electrons. The van der Waals surface area contributed by atoms with Crippen molar-refractivity contribution in [1.82, 2.24) is 0 Å². The summed E-state index contributed by atoms with van der Waals surface area (Å²) >= 11 is 0. The normalized spacial score (nSPS) is 10.5. The maximum absolute atomic E-state index is 10.3. The minimum Gasteiger partial charge on any atom is -0.466 e. The van der Waals surface area contributed by atoms with Crippen LogP contribution in [0.15, 0.2) is 24.3 Å². The number of carbonyl (C=O) groups excluding carboxylic acids is 2. The Bertz CT molecular complexity index is 168. The number of allylic oxidation sites excluding steroid dienone is 3. The van der Waals surface area contributed by atoms with E-state index in [-0.39, 0.29) is 0 Å². The lowest BCUT2D eigenvalue weighted by molar-refractivity contribution is -0.134. The van der Waals surface area contributed by atoms with Crippen molar-refractivity contribution >= 4 is 12.3 Å². The monoisotopic (exact) mass is 140 g/mol. The van der Waals surface area contributed by atoms with Crippen molar-refractivity contribution in [2.75, 3.05) is 7.11 Å². The first-order valence-corrected chi connectivity index (χ1v) is 2.67. The van der Waals surface area contributed by atoms with E-state index in [2.05, 4.69) is 4.74 Å². The van der Waals surface area contributed by atoms with Gasteiger partial charge in [0.15, 0.2) is 0 Å². The summed E-state index contributed by atoms with van der Waals surface area (Å²) in [6, 6.07) is 0. The van der Waals surface area contributed by atoms with Gasteiger partial charge in [-0.2, -0.15) is 0 Å². The molecular formula is C7H8O3. The molecule has 0 amide bonds. The zero-order valence-corrected chi connectivity index (χ0v) is 5.61. The van der Waals surface area contributed by atoms with Gasteiger partial charge in [0.25, 0.3) is 0 Å². The average molecular weight is 140 g/mol. The van der Waals surface area contributed by atoms with Crippen molar-refractivity contribution in [3.05, 3.63) is 24.3 Å². The highest BCUT2D eigenvalue weighted by atomic mass is 16.5. The first-order chi connectivity index (χ1) is 4.81. The summed E-state index contributed by atoms with van der Waals surface area (Å²) in [4.78, 5) is 20.0. The zero-order valence-electron chi connectivity index (χ0n) is 5.61. The fourth-order valence-electron chi connectivity index (χ4n) is 0.312. The van der Waals surface area contributed by atoms with Crippen molar-refractivity contribution in [2.45, 2.75) is 0 Å². The number of rotatable bonds is 3. The van der Waals surface area contributed by atoms with E-state index in [4.69, 9.17) is 0 Å². The van der Waals surface area contributed by atoms with Crippen LogP contribution >= 0.6 is 0 Å². The molecule has 0 aromatic heterocycles. The van der Waals surface area contributed by atoms with Crippen LogP contribution in [0.5, 0.6) is 0 Å². The van der Waals surface area contributed by atoms with Gasteiger partial charge in [0, 0.05) is 6.08 Å². The Balaban J connectivity index is 3.65. The van der Waals surface area contributed by atoms with Crippen LogP contribution in [0.4, 0.5) is 0 Å². The molecule has 0 saturated heterocycles. The minimum absolute atomic E-state index is 0.435. The van der Waals surface area contributed by atoms with Crippen molar-refractivity contribution in [3.8, 4) is 0 Å². The Morgan fingerprint density at radius 1 is 1.30 bits per heavy atom. The van der Waals surface area contributed by atoms with Crippen molar-refractivity contribution < 1.29 is 14.3 Å². The molecule has 0 aliphatic rings. The SMILES string of the molecule is COC(=O)C=CC=CC=O. The lowest BCUT2D eigenvalue weighted by Crippen LogP contribution is -1.92. The van der Waals surface area contributed by atoms with Crippen LogP contribution in [0.1, 0.15) is 0 Å². The smallest absolute Gasteiger partial charge is 0.330 e. The second-order valence-electron chi connectivity index (χ2n) is 1.40. The number of methoxy groups -OCH3 is 1. The number of esters is 1. The summed E-state index contributed by atoms with van der Waals surface area (Å²) in [6.07, 6.45) is 6.01. The topological polar surface area (TPSA) is 43.4 Å². The van der Waals surface area contributed by atoms with Gasteiger partial charge in [-0.15, -0.1) is 0 Å². The molecule has 0 aromatic rings. The van der Waals surface area contributed by atoms with E-state index in [9.17, 15) is 9.59 Å². The number of aldehydes is 1. The van der Waals surface area contributed by atoms with Crippen molar-refractivity contribution in [3.63, 3.8) is 0 Å². The predicted octanol–water partition coefficient (Wildman–Crippen LogP) is 0.471. The highest BCUT2D eigenvalue weighted by Crippen LogP contribution is 1.78. The molecule has 0 fully saturated rings. The molecule has 0 bridgehead atoms. The lowest BCUT2D eigenvalue weighted by Gasteiger charge is -1.85. The summed E-state index contributed by atoms with van der Waals surface area (Å²) in [6.45, 7) is 0. The van der Waals surface area contributed by atoms with Crippen LogP contribution in [0.3, 0.4) is 0 Å². The lowest BCUT2D eigenvalue weighted by atomic mass is 10.4. The maximum atomic E-state index is 10.3. The fourth-order valence-corrected chi connectivity index (χ4v) is 0.312. The minimum atomic E-state index is -0.435. The molecule has 0 aliphatic heterocycles. The van der Waals surface area contributed by atoms with Gasteiger partial charge >= 0.3 is 5.97 Å². The number of hydrogen-bond donors (Lipinski definition) is 0. The van der Waals surface area contributed by atoms with Crippen LogP contribution in [-0.2, 0) is 14.3 Å². The first-order valence-electron chi connectivity index (χ1n) is 2.67. The molecule has 0 rings (SSSR count). The van der Waals surface area contributed by atoms with E-state index in [1.807, 2.05) is 0 Å². The van der Waals surface area contributed by atoms with Crippen LogP contribution in [0.25, 0.3) is 0 Å². The molecule has 54 valence electrons. The maximum Gasteiger partial charge on any atom is 0.330 e. The van der Waals surface area contributed by atoms with E-state index in [1.54, 1.807) is 0 Å². The zero-order chi connectivity index (χ0) is 7.82. The molecular weight excluding hydrogens is 132 g/mol. The summed E-state index contributed by atoms with van der Waals surface area (Å²) in [5.41, 5.74) is 0. The molecule has 3 nitrogen and oxygen atoms in total. The van der Waals surface area contributed by atoms with Crippen molar-refractivity contribution in [2.24, 2.45) is 0 Å². The molecule has 0 aromatic carbocycles. The van der Waals surface area contributed by atoms with Gasteiger partial charge in [-0.3, -0.25) is 4.79 Å². The Morgan fingerprint density at radius 2 is 2.00 bits per heavy atom. The van der Waals surface area contributed by atoms with E-state index in [0.717, 1.165) is 0 Å². The summed E-state index contributed by atoms with van der Waals surface area (Å²) in [5.74, 6) is -0.435. The molecule has 0 heterocycles. The molecule has 0 unspecified atom stereocenters. The highest BCUT2D eigenvalue weighted by Gasteiger charge is 1.85. The molecule has 0 N–H and O–H groups in total. The van der Waals surface area contributed by atoms with Crippen LogP contribution in [0, 0.1) is 0 Å². The van der Waals surface area contributed by atoms with Gasteiger partial charge in [-0.05, 0) is 6.08 Å². The van der Waals surface area contributed by atoms with Crippen LogP contribution < -0.4 is 0 Å².